The molecule has 0 aliphatic rings. The van der Waals surface area contributed by atoms with Crippen molar-refractivity contribution in [2.75, 3.05) is 37.2 Å². The number of nitrogens with one attached hydrogen (secondary N) is 1. The summed E-state index contributed by atoms with van der Waals surface area (Å²) >= 11 is 0. The first-order valence-corrected chi connectivity index (χ1v) is 17.4. The number of carboxylic acids is 4. The lowest BCUT2D eigenvalue weighted by molar-refractivity contribution is -0.159. The van der Waals surface area contributed by atoms with Gasteiger partial charge in [-0.05, 0) is 74.8 Å². The highest BCUT2D eigenvalue weighted by Crippen LogP contribution is 2.31. The van der Waals surface area contributed by atoms with Gasteiger partial charge >= 0.3 is 23.9 Å². The Bertz CT molecular complexity index is 1610. The Balaban J connectivity index is 0.000000853. The summed E-state index contributed by atoms with van der Waals surface area (Å²) in [5.41, 5.74) is 1.92. The van der Waals surface area contributed by atoms with Gasteiger partial charge in [0, 0.05) is 29.6 Å². The average molecular weight is 709 g/mol. The molecule has 0 saturated heterocycles. The number of unbranched alkanes of at least 4 members (excludes halogenated alkanes) is 2. The Labute approximate surface area is 284 Å². The summed E-state index contributed by atoms with van der Waals surface area (Å²) in [6.07, 6.45) is 7.45. The normalized spacial score (nSPS) is 10.7. The summed E-state index contributed by atoms with van der Waals surface area (Å²) in [5, 5.41) is 30.2. The van der Waals surface area contributed by atoms with Gasteiger partial charge in [-0.3, -0.25) is 9.52 Å². The molecule has 270 valence electrons. The van der Waals surface area contributed by atoms with Crippen molar-refractivity contribution in [3.8, 4) is 5.75 Å². The van der Waals surface area contributed by atoms with Gasteiger partial charge in [0.2, 0.25) is 10.0 Å². The van der Waals surface area contributed by atoms with E-state index in [-0.39, 0.29) is 5.78 Å². The van der Waals surface area contributed by atoms with Crippen molar-refractivity contribution in [2.24, 2.45) is 0 Å². The maximum Gasteiger partial charge on any atom is 0.414 e. The van der Waals surface area contributed by atoms with Crippen LogP contribution in [-0.4, -0.2) is 95.9 Å². The lowest BCUT2D eigenvalue weighted by atomic mass is 9.99. The van der Waals surface area contributed by atoms with Gasteiger partial charge in [-0.25, -0.2) is 27.6 Å². The molecule has 0 fully saturated rings. The van der Waals surface area contributed by atoms with Gasteiger partial charge in [0.05, 0.1) is 18.4 Å². The molecule has 0 spiro atoms. The maximum absolute atomic E-state index is 13.5. The van der Waals surface area contributed by atoms with Crippen molar-refractivity contribution < 1.29 is 62.0 Å². The Kier molecular flexibility index (Phi) is 18.1. The predicted octanol–water partition coefficient (Wildman–Crippen LogP) is 4.58. The van der Waals surface area contributed by atoms with Crippen molar-refractivity contribution in [2.45, 2.75) is 59.3 Å². The third kappa shape index (κ3) is 15.7. The van der Waals surface area contributed by atoms with Crippen LogP contribution >= 0.6 is 0 Å². The largest absolute Gasteiger partial charge is 0.494 e. The maximum atomic E-state index is 13.5. The second-order valence-electron chi connectivity index (χ2n) is 10.7. The molecule has 15 nitrogen and oxygen atoms in total. The van der Waals surface area contributed by atoms with E-state index in [1.165, 1.54) is 25.7 Å². The fraction of sp³-hybridized carbons (Fsp3) is 0.424. The minimum Gasteiger partial charge on any atom is -0.494 e. The molecule has 2 aromatic carbocycles. The number of rotatable bonds is 16. The van der Waals surface area contributed by atoms with Crippen LogP contribution in [0.3, 0.4) is 0 Å². The molecule has 3 rings (SSSR count). The standard InChI is InChI=1S/C29H40N2O5S.2C2H2O4/c1-5-8-17-31(18-9-6-2)19-10-20-35-24-14-11-22(12-15-24)29(32)28-25-21-23(30-37(4,33)34)13-16-27(25)36-26(28)7-3;2*3-1(4)2(5)6/h11-16,21,30H,5-10,17-20H2,1-4H3;2*(H,3,4)(H,5,6). The SMILES string of the molecule is CCCCN(CCCC)CCCOc1ccc(C(=O)c2c(CC)oc3ccc(NS(C)(=O)=O)cc23)cc1.O=C(O)C(=O)O.O=C(O)C(=O)O. The summed E-state index contributed by atoms with van der Waals surface area (Å²) in [4.78, 5) is 52.4. The molecule has 16 heteroatoms. The summed E-state index contributed by atoms with van der Waals surface area (Å²) in [7, 11) is -3.44. The number of ether oxygens (including phenoxy) is 1. The van der Waals surface area contributed by atoms with Crippen LogP contribution in [0.1, 0.15) is 74.6 Å². The van der Waals surface area contributed by atoms with Crippen molar-refractivity contribution in [3.63, 3.8) is 0 Å². The highest BCUT2D eigenvalue weighted by Gasteiger charge is 2.22. The Morgan fingerprint density at radius 3 is 1.73 bits per heavy atom. The van der Waals surface area contributed by atoms with Crippen LogP contribution in [0, 0.1) is 0 Å². The summed E-state index contributed by atoms with van der Waals surface area (Å²) in [6.45, 7) is 10.3. The van der Waals surface area contributed by atoms with E-state index in [0.29, 0.717) is 46.6 Å². The molecule has 0 saturated carbocycles. The van der Waals surface area contributed by atoms with Crippen LogP contribution in [-0.2, 0) is 35.6 Å². The van der Waals surface area contributed by atoms with Crippen LogP contribution in [0.2, 0.25) is 0 Å². The monoisotopic (exact) mass is 708 g/mol. The Morgan fingerprint density at radius 2 is 1.29 bits per heavy atom. The number of benzene rings is 2. The van der Waals surface area contributed by atoms with Gasteiger partial charge < -0.3 is 34.5 Å². The number of carbonyl (C=O) groups is 5. The third-order valence-electron chi connectivity index (χ3n) is 6.64. The molecule has 1 aromatic heterocycles. The van der Waals surface area contributed by atoms with E-state index in [1.54, 1.807) is 30.3 Å². The smallest absolute Gasteiger partial charge is 0.414 e. The van der Waals surface area contributed by atoms with Crippen LogP contribution in [0.15, 0.2) is 46.9 Å². The molecule has 5 N–H and O–H groups in total. The number of hydrogen-bond donors (Lipinski definition) is 5. The minimum atomic E-state index is -3.44. The van der Waals surface area contributed by atoms with Crippen LogP contribution in [0.4, 0.5) is 5.69 Å². The molecular formula is C33H44N2O13S. The first-order valence-electron chi connectivity index (χ1n) is 15.5. The zero-order valence-corrected chi connectivity index (χ0v) is 28.7. The number of hydrogen-bond acceptors (Lipinski definition) is 10. The van der Waals surface area contributed by atoms with Crippen molar-refractivity contribution in [3.05, 3.63) is 59.4 Å². The topological polar surface area (TPSA) is 238 Å². The molecule has 0 aliphatic carbocycles. The van der Waals surface area contributed by atoms with Gasteiger partial charge in [0.1, 0.15) is 17.1 Å². The van der Waals surface area contributed by atoms with Crippen LogP contribution in [0.25, 0.3) is 11.0 Å². The molecule has 0 radical (unpaired) electrons. The second kappa shape index (κ2) is 21.1. The molecule has 0 amide bonds. The van der Waals surface area contributed by atoms with E-state index in [9.17, 15) is 13.2 Å². The number of aryl methyl sites for hydroxylation is 1. The van der Waals surface area contributed by atoms with Gasteiger partial charge in [0.15, 0.2) is 5.78 Å². The highest BCUT2D eigenvalue weighted by molar-refractivity contribution is 7.92. The number of ketones is 1. The highest BCUT2D eigenvalue weighted by atomic mass is 32.2. The number of aliphatic carboxylic acids is 4. The number of furan rings is 1. The number of nitrogens with zero attached hydrogens (tertiary/aromatic N) is 1. The van der Waals surface area contributed by atoms with Crippen molar-refractivity contribution in [1.82, 2.24) is 4.90 Å². The lowest BCUT2D eigenvalue weighted by Gasteiger charge is -2.21. The Hall–Kier alpha value is -4.96. The molecular weight excluding hydrogens is 664 g/mol. The summed E-state index contributed by atoms with van der Waals surface area (Å²) in [6, 6.07) is 12.1. The van der Waals surface area contributed by atoms with Crippen molar-refractivity contribution >= 4 is 56.3 Å². The molecule has 0 bridgehead atoms. The number of anilines is 1. The number of carbonyl (C=O) groups excluding carboxylic acids is 1. The fourth-order valence-electron chi connectivity index (χ4n) is 4.35. The zero-order valence-electron chi connectivity index (χ0n) is 27.9. The summed E-state index contributed by atoms with van der Waals surface area (Å²) in [5.74, 6) is -6.15. The average Bonchev–Trinajstić information content (AvgIpc) is 3.41. The fourth-order valence-corrected chi connectivity index (χ4v) is 4.90. The van der Waals surface area contributed by atoms with Gasteiger partial charge in [0.25, 0.3) is 0 Å². The minimum absolute atomic E-state index is 0.166. The van der Waals surface area contributed by atoms with E-state index >= 15 is 0 Å². The van der Waals surface area contributed by atoms with E-state index < -0.39 is 33.9 Å². The third-order valence-corrected chi connectivity index (χ3v) is 7.24. The van der Waals surface area contributed by atoms with Crippen LogP contribution in [0.5, 0.6) is 5.75 Å². The molecule has 0 unspecified atom stereocenters. The number of fused-ring (bicyclic) bond motifs is 1. The van der Waals surface area contributed by atoms with E-state index in [2.05, 4.69) is 23.5 Å². The van der Waals surface area contributed by atoms with Crippen LogP contribution < -0.4 is 9.46 Å². The quantitative estimate of drug-likeness (QED) is 0.0778. The lowest BCUT2D eigenvalue weighted by Crippen LogP contribution is -2.28. The molecule has 3 aromatic rings. The number of sulfonamides is 1. The second-order valence-corrected chi connectivity index (χ2v) is 12.4. The summed E-state index contributed by atoms with van der Waals surface area (Å²) < 4.78 is 37.6. The van der Waals surface area contributed by atoms with E-state index in [0.717, 1.165) is 38.1 Å². The number of carboxylic acid groups (broad SMARTS) is 4. The first kappa shape index (κ1) is 42.1. The first-order chi connectivity index (χ1) is 23.0. The van der Waals surface area contributed by atoms with Crippen molar-refractivity contribution in [1.29, 1.82) is 0 Å². The van der Waals surface area contributed by atoms with Gasteiger partial charge in [-0.2, -0.15) is 0 Å². The molecule has 0 atom stereocenters. The molecule has 49 heavy (non-hydrogen) atoms. The predicted molar refractivity (Wildman–Crippen MR) is 181 cm³/mol. The molecule has 0 aliphatic heterocycles. The Morgan fingerprint density at radius 1 is 0.776 bits per heavy atom. The van der Waals surface area contributed by atoms with E-state index in [4.69, 9.17) is 48.8 Å². The van der Waals surface area contributed by atoms with E-state index in [1.807, 2.05) is 19.1 Å². The van der Waals surface area contributed by atoms with Gasteiger partial charge in [-0.15, -0.1) is 0 Å². The molecule has 1 heterocycles. The zero-order chi connectivity index (χ0) is 37.1. The van der Waals surface area contributed by atoms with Gasteiger partial charge in [-0.1, -0.05) is 33.6 Å².